The summed E-state index contributed by atoms with van der Waals surface area (Å²) in [4.78, 5) is 13.8. The van der Waals surface area contributed by atoms with Crippen molar-refractivity contribution >= 4 is 28.8 Å². The topological polar surface area (TPSA) is 78.5 Å². The van der Waals surface area contributed by atoms with E-state index in [1.54, 1.807) is 23.1 Å². The fourth-order valence-electron chi connectivity index (χ4n) is 3.48. The van der Waals surface area contributed by atoms with E-state index in [2.05, 4.69) is 10.1 Å². The molecule has 1 atom stereocenters. The SMILES string of the molecule is COc1ccc(C(C)=O)c(OCC2CN(C(=S)Nc3ccccc3OC(F)(F)F)CCO2)c1OC. The van der Waals surface area contributed by atoms with E-state index in [-0.39, 0.29) is 34.7 Å². The van der Waals surface area contributed by atoms with E-state index in [0.29, 0.717) is 31.0 Å². The zero-order chi connectivity index (χ0) is 25.6. The molecule has 0 radical (unpaired) electrons. The van der Waals surface area contributed by atoms with Gasteiger partial charge in [-0.1, -0.05) is 12.1 Å². The van der Waals surface area contributed by atoms with Gasteiger partial charge in [-0.15, -0.1) is 13.2 Å². The van der Waals surface area contributed by atoms with Crippen molar-refractivity contribution in [3.63, 3.8) is 0 Å². The Hall–Kier alpha value is -3.25. The largest absolute Gasteiger partial charge is 0.573 e. The number of rotatable bonds is 8. The number of carbonyl (C=O) groups is 1. The number of nitrogens with one attached hydrogen (secondary N) is 1. The van der Waals surface area contributed by atoms with Crippen molar-refractivity contribution in [1.29, 1.82) is 0 Å². The van der Waals surface area contributed by atoms with Crippen LogP contribution in [0.3, 0.4) is 0 Å². The minimum atomic E-state index is -4.83. The van der Waals surface area contributed by atoms with Crippen molar-refractivity contribution in [3.8, 4) is 23.0 Å². The van der Waals surface area contributed by atoms with Crippen LogP contribution in [0, 0.1) is 0 Å². The zero-order valence-corrected chi connectivity index (χ0v) is 20.1. The van der Waals surface area contributed by atoms with Crippen LogP contribution >= 0.6 is 12.2 Å². The maximum Gasteiger partial charge on any atom is 0.573 e. The quantitative estimate of drug-likeness (QED) is 0.410. The first kappa shape index (κ1) is 26.4. The van der Waals surface area contributed by atoms with Gasteiger partial charge in [-0.3, -0.25) is 4.79 Å². The Morgan fingerprint density at radius 1 is 1.14 bits per heavy atom. The van der Waals surface area contributed by atoms with Gasteiger partial charge in [0.05, 0.1) is 32.1 Å². The van der Waals surface area contributed by atoms with Gasteiger partial charge in [0, 0.05) is 13.1 Å². The number of para-hydroxylation sites is 2. The number of ketones is 1. The highest BCUT2D eigenvalue weighted by atomic mass is 32.1. The Morgan fingerprint density at radius 2 is 1.89 bits per heavy atom. The van der Waals surface area contributed by atoms with Gasteiger partial charge in [0.2, 0.25) is 5.75 Å². The normalized spacial score (nSPS) is 15.8. The number of benzene rings is 2. The lowest BCUT2D eigenvalue weighted by atomic mass is 10.1. The summed E-state index contributed by atoms with van der Waals surface area (Å²) in [6.07, 6.45) is -5.28. The average molecular weight is 515 g/mol. The van der Waals surface area contributed by atoms with Gasteiger partial charge in [-0.05, 0) is 43.4 Å². The summed E-state index contributed by atoms with van der Waals surface area (Å²) < 4.78 is 64.6. The minimum absolute atomic E-state index is 0.0662. The minimum Gasteiger partial charge on any atom is -0.493 e. The number of thiocarbonyl (C=S) groups is 1. The molecule has 1 aliphatic rings. The molecule has 1 fully saturated rings. The van der Waals surface area contributed by atoms with Gasteiger partial charge in [0.1, 0.15) is 12.7 Å². The van der Waals surface area contributed by atoms with Crippen molar-refractivity contribution in [2.45, 2.75) is 19.4 Å². The predicted octanol–water partition coefficient (Wildman–Crippen LogP) is 4.28. The molecule has 1 aliphatic heterocycles. The maximum atomic E-state index is 12.7. The van der Waals surface area contributed by atoms with Crippen LogP contribution in [-0.2, 0) is 4.74 Å². The van der Waals surface area contributed by atoms with Crippen molar-refractivity contribution in [2.75, 3.05) is 45.8 Å². The molecule has 0 saturated carbocycles. The van der Waals surface area contributed by atoms with Gasteiger partial charge in [0.15, 0.2) is 28.1 Å². The molecule has 0 aromatic heterocycles. The molecular weight excluding hydrogens is 489 g/mol. The lowest BCUT2D eigenvalue weighted by Gasteiger charge is -2.35. The van der Waals surface area contributed by atoms with Crippen LogP contribution in [0.1, 0.15) is 17.3 Å². The maximum absolute atomic E-state index is 12.7. The number of halogens is 3. The molecule has 0 amide bonds. The second kappa shape index (κ2) is 11.5. The summed E-state index contributed by atoms with van der Waals surface area (Å²) >= 11 is 5.42. The molecule has 1 unspecified atom stereocenters. The van der Waals surface area contributed by atoms with Crippen molar-refractivity contribution in [2.24, 2.45) is 0 Å². The number of nitrogens with zero attached hydrogens (tertiary/aromatic N) is 1. The Kier molecular flexibility index (Phi) is 8.62. The van der Waals surface area contributed by atoms with E-state index in [1.807, 2.05) is 0 Å². The predicted molar refractivity (Wildman–Crippen MR) is 126 cm³/mol. The standard InChI is InChI=1S/C23H25F3N2O6S/c1-14(29)16-8-9-19(30-2)21(31-3)20(16)33-13-15-12-28(10-11-32-15)22(35)27-17-6-4-5-7-18(17)34-23(24,25)26/h4-9,15H,10-13H2,1-3H3,(H,27,35). The van der Waals surface area contributed by atoms with E-state index in [9.17, 15) is 18.0 Å². The molecule has 0 spiro atoms. The van der Waals surface area contributed by atoms with Gasteiger partial charge in [-0.2, -0.15) is 0 Å². The highest BCUT2D eigenvalue weighted by Crippen LogP contribution is 2.40. The third-order valence-corrected chi connectivity index (χ3v) is 5.43. The Bertz CT molecular complexity index is 1070. The molecule has 190 valence electrons. The fourth-order valence-corrected chi connectivity index (χ4v) is 3.75. The van der Waals surface area contributed by atoms with E-state index in [0.717, 1.165) is 0 Å². The molecule has 12 heteroatoms. The van der Waals surface area contributed by atoms with E-state index >= 15 is 0 Å². The summed E-state index contributed by atoms with van der Waals surface area (Å²) in [5.41, 5.74) is 0.412. The highest BCUT2D eigenvalue weighted by molar-refractivity contribution is 7.80. The average Bonchev–Trinajstić information content (AvgIpc) is 2.82. The lowest BCUT2D eigenvalue weighted by molar-refractivity contribution is -0.274. The van der Waals surface area contributed by atoms with Crippen LogP contribution < -0.4 is 24.3 Å². The molecule has 2 aromatic rings. The number of morpholine rings is 1. The van der Waals surface area contributed by atoms with Crippen LogP contribution in [0.2, 0.25) is 0 Å². The van der Waals surface area contributed by atoms with Crippen molar-refractivity contribution < 1.29 is 41.7 Å². The second-order valence-corrected chi connectivity index (χ2v) is 7.84. The second-order valence-electron chi connectivity index (χ2n) is 7.46. The molecule has 3 rings (SSSR count). The van der Waals surface area contributed by atoms with Gasteiger partial charge in [-0.25, -0.2) is 0 Å². The summed E-state index contributed by atoms with van der Waals surface area (Å²) in [5, 5.41) is 3.02. The highest BCUT2D eigenvalue weighted by Gasteiger charge is 2.32. The Labute approximate surface area is 205 Å². The smallest absolute Gasteiger partial charge is 0.493 e. The summed E-state index contributed by atoms with van der Waals surface area (Å²) in [6, 6.07) is 8.84. The van der Waals surface area contributed by atoms with Crippen molar-refractivity contribution in [3.05, 3.63) is 42.0 Å². The molecule has 8 nitrogen and oxygen atoms in total. The molecule has 2 aromatic carbocycles. The van der Waals surface area contributed by atoms with E-state index in [1.165, 1.54) is 39.3 Å². The van der Waals surface area contributed by atoms with Crippen LogP contribution in [0.25, 0.3) is 0 Å². The van der Waals surface area contributed by atoms with Gasteiger partial charge >= 0.3 is 6.36 Å². The molecule has 0 aliphatic carbocycles. The fraction of sp³-hybridized carbons (Fsp3) is 0.391. The van der Waals surface area contributed by atoms with Crippen LogP contribution in [-0.4, -0.2) is 68.8 Å². The van der Waals surface area contributed by atoms with Gasteiger partial charge in [0.25, 0.3) is 0 Å². The number of Topliss-reactive ketones (excluding diaryl/α,β-unsaturated/α-hetero) is 1. The van der Waals surface area contributed by atoms with E-state index < -0.39 is 18.2 Å². The molecule has 1 N–H and O–H groups in total. The number of ether oxygens (including phenoxy) is 5. The van der Waals surface area contributed by atoms with Crippen LogP contribution in [0.15, 0.2) is 36.4 Å². The molecule has 35 heavy (non-hydrogen) atoms. The van der Waals surface area contributed by atoms with Crippen LogP contribution in [0.4, 0.5) is 18.9 Å². The number of alkyl halides is 3. The first-order valence-electron chi connectivity index (χ1n) is 10.5. The number of methoxy groups -OCH3 is 2. The Balaban J connectivity index is 1.68. The molecule has 1 heterocycles. The first-order valence-corrected chi connectivity index (χ1v) is 10.9. The van der Waals surface area contributed by atoms with Crippen LogP contribution in [0.5, 0.6) is 23.0 Å². The number of carbonyl (C=O) groups excluding carboxylic acids is 1. The summed E-state index contributed by atoms with van der Waals surface area (Å²) in [6.45, 7) is 2.51. The zero-order valence-electron chi connectivity index (χ0n) is 19.3. The summed E-state index contributed by atoms with van der Waals surface area (Å²) in [5.74, 6) is 0.323. The lowest BCUT2D eigenvalue weighted by Crippen LogP contribution is -2.49. The monoisotopic (exact) mass is 514 g/mol. The summed E-state index contributed by atoms with van der Waals surface area (Å²) in [7, 11) is 2.92. The van der Waals surface area contributed by atoms with Gasteiger partial charge < -0.3 is 33.9 Å². The molecular formula is C23H25F3N2O6S. The number of hydrogen-bond acceptors (Lipinski definition) is 7. The first-order chi connectivity index (χ1) is 16.6. The van der Waals surface area contributed by atoms with E-state index in [4.69, 9.17) is 31.2 Å². The third kappa shape index (κ3) is 6.89. The Morgan fingerprint density at radius 3 is 2.54 bits per heavy atom. The number of anilines is 1. The third-order valence-electron chi connectivity index (χ3n) is 5.07. The van der Waals surface area contributed by atoms with Crippen molar-refractivity contribution in [1.82, 2.24) is 4.90 Å². The number of hydrogen-bond donors (Lipinski definition) is 1. The molecule has 1 saturated heterocycles. The molecule has 0 bridgehead atoms.